The van der Waals surface area contributed by atoms with Crippen molar-refractivity contribution in [3.8, 4) is 0 Å². The predicted molar refractivity (Wildman–Crippen MR) is 72.5 cm³/mol. The largest absolute Gasteiger partial charge is 0.394 e. The number of nitrogen functional groups attached to an aromatic ring is 1. The maximum absolute atomic E-state index is 14.0. The minimum atomic E-state index is -4.01. The smallest absolute Gasteiger partial charge is 0.246 e. The number of sulfonamides is 1. The topological polar surface area (TPSA) is 63.4 Å². The molecule has 1 aliphatic rings. The van der Waals surface area contributed by atoms with Crippen LogP contribution < -0.4 is 5.73 Å². The normalized spacial score (nSPS) is 16.1. The molecule has 1 aromatic carbocycles. The highest BCUT2D eigenvalue weighted by atomic mass is 32.2. The minimum Gasteiger partial charge on any atom is -0.394 e. The molecule has 1 fully saturated rings. The van der Waals surface area contributed by atoms with Gasteiger partial charge < -0.3 is 5.73 Å². The van der Waals surface area contributed by atoms with Gasteiger partial charge in [-0.25, -0.2) is 17.2 Å². The van der Waals surface area contributed by atoms with Gasteiger partial charge in [0.1, 0.15) is 16.4 Å². The molecule has 0 bridgehead atoms. The zero-order valence-electron chi connectivity index (χ0n) is 11.4. The molecule has 0 amide bonds. The van der Waals surface area contributed by atoms with E-state index in [1.807, 2.05) is 0 Å². The van der Waals surface area contributed by atoms with Crippen LogP contribution in [0.1, 0.15) is 26.7 Å². The van der Waals surface area contributed by atoms with E-state index >= 15 is 0 Å². The Bertz CT molecular complexity index is 613. The van der Waals surface area contributed by atoms with Gasteiger partial charge in [0.2, 0.25) is 10.0 Å². The number of nitrogens with two attached hydrogens (primary N) is 1. The first-order valence-corrected chi connectivity index (χ1v) is 7.94. The highest BCUT2D eigenvalue weighted by Crippen LogP contribution is 2.33. The van der Waals surface area contributed by atoms with Crippen molar-refractivity contribution in [2.24, 2.45) is 5.92 Å². The fraction of sp³-hybridized carbons (Fsp3) is 0.538. The summed E-state index contributed by atoms with van der Waals surface area (Å²) < 4.78 is 53.4. The van der Waals surface area contributed by atoms with Gasteiger partial charge in [0.25, 0.3) is 0 Å². The Morgan fingerprint density at radius 1 is 1.35 bits per heavy atom. The van der Waals surface area contributed by atoms with Crippen molar-refractivity contribution in [1.82, 2.24) is 4.31 Å². The van der Waals surface area contributed by atoms with Gasteiger partial charge in [-0.1, -0.05) is 0 Å². The average molecular weight is 304 g/mol. The van der Waals surface area contributed by atoms with Crippen molar-refractivity contribution >= 4 is 15.7 Å². The third-order valence-electron chi connectivity index (χ3n) is 3.39. The maximum atomic E-state index is 14.0. The number of hydrogen-bond acceptors (Lipinski definition) is 3. The van der Waals surface area contributed by atoms with Crippen LogP contribution in [0.4, 0.5) is 14.5 Å². The van der Waals surface area contributed by atoms with Crippen molar-refractivity contribution in [2.75, 3.05) is 12.3 Å². The second-order valence-corrected chi connectivity index (χ2v) is 7.24. The van der Waals surface area contributed by atoms with Crippen molar-refractivity contribution < 1.29 is 17.2 Å². The zero-order chi connectivity index (χ0) is 15.1. The summed E-state index contributed by atoms with van der Waals surface area (Å²) in [5.74, 6) is -1.85. The molecule has 2 N–H and O–H groups in total. The Hall–Kier alpha value is -1.21. The molecule has 0 spiro atoms. The van der Waals surface area contributed by atoms with Crippen LogP contribution in [0.5, 0.6) is 0 Å². The third-order valence-corrected chi connectivity index (χ3v) is 5.45. The molecule has 0 unspecified atom stereocenters. The summed E-state index contributed by atoms with van der Waals surface area (Å²) in [4.78, 5) is -0.564. The van der Waals surface area contributed by atoms with E-state index in [9.17, 15) is 17.2 Å². The minimum absolute atomic E-state index is 0.300. The molecule has 0 saturated heterocycles. The van der Waals surface area contributed by atoms with Gasteiger partial charge in [0.05, 0.1) is 0 Å². The molecule has 2 rings (SSSR count). The molecule has 0 atom stereocenters. The number of hydrogen-bond donors (Lipinski definition) is 1. The number of benzene rings is 1. The molecule has 1 aromatic rings. The quantitative estimate of drug-likeness (QED) is 0.849. The van der Waals surface area contributed by atoms with Crippen LogP contribution in [0, 0.1) is 17.6 Å². The molecule has 0 aliphatic heterocycles. The van der Waals surface area contributed by atoms with E-state index in [1.54, 1.807) is 13.8 Å². The Morgan fingerprint density at radius 3 is 2.45 bits per heavy atom. The van der Waals surface area contributed by atoms with E-state index in [4.69, 9.17) is 5.73 Å². The van der Waals surface area contributed by atoms with E-state index in [1.165, 1.54) is 4.31 Å². The molecular weight excluding hydrogens is 286 g/mol. The Labute approximate surface area is 117 Å². The first-order valence-electron chi connectivity index (χ1n) is 6.50. The molecule has 4 nitrogen and oxygen atoms in total. The van der Waals surface area contributed by atoms with E-state index in [0.29, 0.717) is 12.5 Å². The fourth-order valence-electron chi connectivity index (χ4n) is 2.02. The highest BCUT2D eigenvalue weighted by molar-refractivity contribution is 7.89. The lowest BCUT2D eigenvalue weighted by atomic mass is 10.3. The molecule has 0 heterocycles. The number of halogens is 2. The summed E-state index contributed by atoms with van der Waals surface area (Å²) in [5, 5.41) is 0. The van der Waals surface area contributed by atoms with Gasteiger partial charge in [-0.15, -0.1) is 0 Å². The first kappa shape index (κ1) is 15.2. The van der Waals surface area contributed by atoms with E-state index in [2.05, 4.69) is 0 Å². The lowest BCUT2D eigenvalue weighted by Gasteiger charge is -2.26. The van der Waals surface area contributed by atoms with E-state index in [0.717, 1.165) is 25.0 Å². The van der Waals surface area contributed by atoms with Gasteiger partial charge in [-0.3, -0.25) is 0 Å². The van der Waals surface area contributed by atoms with Crippen LogP contribution in [0.15, 0.2) is 17.0 Å². The summed E-state index contributed by atoms with van der Waals surface area (Å²) in [6, 6.07) is 1.51. The van der Waals surface area contributed by atoms with Crippen LogP contribution in [-0.2, 0) is 10.0 Å². The molecule has 0 radical (unpaired) electrons. The Morgan fingerprint density at radius 2 is 1.95 bits per heavy atom. The Balaban J connectivity index is 2.44. The number of anilines is 1. The SMILES string of the molecule is CC(C)N(CC1CC1)S(=O)(=O)c1ccc(F)c(N)c1F. The molecule has 20 heavy (non-hydrogen) atoms. The van der Waals surface area contributed by atoms with Crippen LogP contribution in [0.2, 0.25) is 0 Å². The maximum Gasteiger partial charge on any atom is 0.246 e. The second-order valence-electron chi connectivity index (χ2n) is 5.39. The lowest BCUT2D eigenvalue weighted by molar-refractivity contribution is 0.340. The molecule has 112 valence electrons. The highest BCUT2D eigenvalue weighted by Gasteiger charge is 2.35. The predicted octanol–water partition coefficient (Wildman–Crippen LogP) is 2.36. The second kappa shape index (κ2) is 5.29. The van der Waals surface area contributed by atoms with E-state index in [-0.39, 0.29) is 6.04 Å². The molecule has 0 aromatic heterocycles. The molecule has 1 saturated carbocycles. The van der Waals surface area contributed by atoms with Gasteiger partial charge >= 0.3 is 0 Å². The van der Waals surface area contributed by atoms with Gasteiger partial charge in [0.15, 0.2) is 5.82 Å². The van der Waals surface area contributed by atoms with Crippen molar-refractivity contribution in [2.45, 2.75) is 37.6 Å². The summed E-state index contributed by atoms with van der Waals surface area (Å²) in [6.07, 6.45) is 1.96. The lowest BCUT2D eigenvalue weighted by Crippen LogP contribution is -2.39. The van der Waals surface area contributed by atoms with Crippen LogP contribution in [0.25, 0.3) is 0 Å². The van der Waals surface area contributed by atoms with Crippen LogP contribution in [-0.4, -0.2) is 25.3 Å². The number of rotatable bonds is 5. The number of nitrogens with zero attached hydrogens (tertiary/aromatic N) is 1. The van der Waals surface area contributed by atoms with E-state index < -0.39 is 32.2 Å². The summed E-state index contributed by atoms with van der Waals surface area (Å²) >= 11 is 0. The van der Waals surface area contributed by atoms with Gasteiger partial charge in [-0.2, -0.15) is 4.31 Å². The summed E-state index contributed by atoms with van der Waals surface area (Å²) in [7, 11) is -4.01. The summed E-state index contributed by atoms with van der Waals surface area (Å²) in [6.45, 7) is 3.81. The van der Waals surface area contributed by atoms with Crippen molar-refractivity contribution in [3.05, 3.63) is 23.8 Å². The average Bonchev–Trinajstić information content (AvgIpc) is 3.16. The van der Waals surface area contributed by atoms with Crippen molar-refractivity contribution in [1.29, 1.82) is 0 Å². The zero-order valence-corrected chi connectivity index (χ0v) is 12.3. The first-order chi connectivity index (χ1) is 9.25. The van der Waals surface area contributed by atoms with Crippen LogP contribution >= 0.6 is 0 Å². The molecular formula is C13H18F2N2O2S. The van der Waals surface area contributed by atoms with Gasteiger partial charge in [0, 0.05) is 12.6 Å². The monoisotopic (exact) mass is 304 g/mol. The fourth-order valence-corrected chi connectivity index (χ4v) is 3.81. The standard InChI is InChI=1S/C13H18F2N2O2S/c1-8(2)17(7-9-3-4-9)20(18,19)11-6-5-10(14)13(16)12(11)15/h5-6,8-9H,3-4,7,16H2,1-2H3. The molecule has 7 heteroatoms. The van der Waals surface area contributed by atoms with Crippen molar-refractivity contribution in [3.63, 3.8) is 0 Å². The third kappa shape index (κ3) is 2.78. The van der Waals surface area contributed by atoms with Gasteiger partial charge in [-0.05, 0) is 44.7 Å². The van der Waals surface area contributed by atoms with Crippen LogP contribution in [0.3, 0.4) is 0 Å². The summed E-state index contributed by atoms with van der Waals surface area (Å²) in [5.41, 5.74) is 4.47. The Kier molecular flexibility index (Phi) is 4.02. The molecule has 1 aliphatic carbocycles.